The Morgan fingerprint density at radius 2 is 1.72 bits per heavy atom. The first-order valence-electron chi connectivity index (χ1n) is 9.53. The molecule has 1 N–H and O–H groups in total. The number of nitrogens with zero attached hydrogens (tertiary/aromatic N) is 1. The van der Waals surface area contributed by atoms with E-state index >= 15 is 0 Å². The number of sulfonamides is 1. The maximum absolute atomic E-state index is 13.0. The van der Waals surface area contributed by atoms with Gasteiger partial charge in [-0.2, -0.15) is 0 Å². The van der Waals surface area contributed by atoms with Gasteiger partial charge in [-0.15, -0.1) is 0 Å². The van der Waals surface area contributed by atoms with Crippen LogP contribution in [0.4, 0.5) is 4.39 Å². The second-order valence-electron chi connectivity index (χ2n) is 7.34. The lowest BCUT2D eigenvalue weighted by atomic mass is 9.96. The molecule has 156 valence electrons. The number of benzene rings is 2. The van der Waals surface area contributed by atoms with E-state index in [0.29, 0.717) is 36.5 Å². The zero-order chi connectivity index (χ0) is 21.0. The average molecular weight is 439 g/mol. The van der Waals surface area contributed by atoms with E-state index < -0.39 is 10.0 Å². The van der Waals surface area contributed by atoms with Crippen LogP contribution in [0, 0.1) is 11.7 Å². The Labute approximate surface area is 175 Å². The summed E-state index contributed by atoms with van der Waals surface area (Å²) in [6, 6.07) is 12.5. The van der Waals surface area contributed by atoms with Gasteiger partial charge < -0.3 is 5.32 Å². The van der Waals surface area contributed by atoms with Crippen molar-refractivity contribution in [1.29, 1.82) is 0 Å². The van der Waals surface area contributed by atoms with Crippen LogP contribution in [0.25, 0.3) is 0 Å². The molecule has 0 bridgehead atoms. The molecule has 1 aliphatic rings. The molecule has 0 radical (unpaired) electrons. The average Bonchev–Trinajstić information content (AvgIpc) is 2.70. The lowest BCUT2D eigenvalue weighted by Crippen LogP contribution is -2.43. The minimum Gasteiger partial charge on any atom is -0.349 e. The summed E-state index contributed by atoms with van der Waals surface area (Å²) < 4.78 is 39.8. The molecule has 1 aliphatic heterocycles. The number of carbonyl (C=O) groups is 1. The molecule has 0 spiro atoms. The molecule has 1 fully saturated rings. The van der Waals surface area contributed by atoms with Crippen molar-refractivity contribution in [3.63, 3.8) is 0 Å². The summed E-state index contributed by atoms with van der Waals surface area (Å²) in [6.45, 7) is 2.48. The molecular weight excluding hydrogens is 415 g/mol. The van der Waals surface area contributed by atoms with Gasteiger partial charge in [-0.05, 0) is 55.2 Å². The Morgan fingerprint density at radius 3 is 2.31 bits per heavy atom. The number of halogens is 2. The highest BCUT2D eigenvalue weighted by Crippen LogP contribution is 2.23. The maximum atomic E-state index is 13.0. The third-order valence-electron chi connectivity index (χ3n) is 5.21. The smallest absolute Gasteiger partial charge is 0.223 e. The van der Waals surface area contributed by atoms with Crippen LogP contribution >= 0.6 is 11.6 Å². The topological polar surface area (TPSA) is 66.5 Å². The van der Waals surface area contributed by atoms with Crippen molar-refractivity contribution in [1.82, 2.24) is 9.62 Å². The third-order valence-corrected chi connectivity index (χ3v) is 7.31. The summed E-state index contributed by atoms with van der Waals surface area (Å²) in [5.74, 6) is -0.737. The normalized spacial score (nSPS) is 17.1. The first-order valence-corrected chi connectivity index (χ1v) is 11.5. The van der Waals surface area contributed by atoms with Crippen LogP contribution < -0.4 is 5.32 Å². The molecule has 3 rings (SSSR count). The molecule has 1 saturated heterocycles. The quantitative estimate of drug-likeness (QED) is 0.743. The fourth-order valence-electron chi connectivity index (χ4n) is 3.44. The highest BCUT2D eigenvalue weighted by Gasteiger charge is 2.31. The fraction of sp³-hybridized carbons (Fsp3) is 0.381. The number of hydrogen-bond donors (Lipinski definition) is 1. The Morgan fingerprint density at radius 1 is 1.14 bits per heavy atom. The van der Waals surface area contributed by atoms with Gasteiger partial charge in [-0.25, -0.2) is 17.1 Å². The zero-order valence-corrected chi connectivity index (χ0v) is 17.7. The number of rotatable bonds is 6. The number of carbonyl (C=O) groups excluding carboxylic acids is 1. The number of hydrogen-bond acceptors (Lipinski definition) is 3. The van der Waals surface area contributed by atoms with E-state index in [2.05, 4.69) is 5.32 Å². The predicted octanol–water partition coefficient (Wildman–Crippen LogP) is 3.90. The lowest BCUT2D eigenvalue weighted by Gasteiger charge is -2.31. The molecule has 8 heteroatoms. The largest absolute Gasteiger partial charge is 0.349 e. The minimum absolute atomic E-state index is 0.0807. The standard InChI is InChI=1S/C21H24ClFN2O3S/c1-15(17-4-8-20(23)9-5-17)24-21(26)18-10-12-25(13-11-18)29(27,28)14-16-2-6-19(22)7-3-16/h2-9,15,18H,10-14H2,1H3,(H,24,26). The summed E-state index contributed by atoms with van der Waals surface area (Å²) in [4.78, 5) is 12.6. The van der Waals surface area contributed by atoms with Gasteiger partial charge in [-0.1, -0.05) is 35.9 Å². The Balaban J connectivity index is 1.53. The molecule has 1 amide bonds. The van der Waals surface area contributed by atoms with Crippen molar-refractivity contribution < 1.29 is 17.6 Å². The van der Waals surface area contributed by atoms with Crippen LogP contribution in [-0.2, 0) is 20.6 Å². The van der Waals surface area contributed by atoms with Crippen molar-refractivity contribution in [3.8, 4) is 0 Å². The van der Waals surface area contributed by atoms with Gasteiger partial charge in [-0.3, -0.25) is 4.79 Å². The third kappa shape index (κ3) is 5.78. The Kier molecular flexibility index (Phi) is 6.93. The van der Waals surface area contributed by atoms with Crippen LogP contribution in [0.2, 0.25) is 5.02 Å². The monoisotopic (exact) mass is 438 g/mol. The van der Waals surface area contributed by atoms with Gasteiger partial charge in [0.25, 0.3) is 0 Å². The number of nitrogens with one attached hydrogen (secondary N) is 1. The van der Waals surface area contributed by atoms with Gasteiger partial charge in [0.15, 0.2) is 0 Å². The Hall–Kier alpha value is -1.96. The molecule has 0 aliphatic carbocycles. The second-order valence-corrected chi connectivity index (χ2v) is 9.74. The summed E-state index contributed by atoms with van der Waals surface area (Å²) in [5.41, 5.74) is 1.50. The van der Waals surface area contributed by atoms with Crippen LogP contribution in [0.1, 0.15) is 36.9 Å². The maximum Gasteiger partial charge on any atom is 0.223 e. The van der Waals surface area contributed by atoms with E-state index in [-0.39, 0.29) is 29.4 Å². The molecule has 5 nitrogen and oxygen atoms in total. The first kappa shape index (κ1) is 21.7. The van der Waals surface area contributed by atoms with Gasteiger partial charge in [0.1, 0.15) is 5.82 Å². The van der Waals surface area contributed by atoms with Gasteiger partial charge in [0, 0.05) is 24.0 Å². The van der Waals surface area contributed by atoms with Gasteiger partial charge in [0.05, 0.1) is 11.8 Å². The first-order chi connectivity index (χ1) is 13.7. The molecule has 0 saturated carbocycles. The van der Waals surface area contributed by atoms with Crippen molar-refractivity contribution in [2.24, 2.45) is 5.92 Å². The van der Waals surface area contributed by atoms with Crippen LogP contribution in [0.5, 0.6) is 0 Å². The number of piperidine rings is 1. The number of amides is 1. The SMILES string of the molecule is CC(NC(=O)C1CCN(S(=O)(=O)Cc2ccc(Cl)cc2)CC1)c1ccc(F)cc1. The van der Waals surface area contributed by atoms with E-state index in [1.165, 1.54) is 16.4 Å². The molecule has 1 unspecified atom stereocenters. The lowest BCUT2D eigenvalue weighted by molar-refractivity contribution is -0.126. The fourth-order valence-corrected chi connectivity index (χ4v) is 5.13. The zero-order valence-electron chi connectivity index (χ0n) is 16.1. The van der Waals surface area contributed by atoms with Crippen LogP contribution in [-0.4, -0.2) is 31.7 Å². The van der Waals surface area contributed by atoms with Crippen LogP contribution in [0.15, 0.2) is 48.5 Å². The Bertz CT molecular complexity index is 941. The second kappa shape index (κ2) is 9.24. The molecule has 1 atom stereocenters. The van der Waals surface area contributed by atoms with Crippen molar-refractivity contribution in [2.45, 2.75) is 31.6 Å². The molecule has 0 aromatic heterocycles. The van der Waals surface area contributed by atoms with Crippen molar-refractivity contribution >= 4 is 27.5 Å². The van der Waals surface area contributed by atoms with E-state index in [4.69, 9.17) is 11.6 Å². The summed E-state index contributed by atoms with van der Waals surface area (Å²) in [7, 11) is -3.45. The summed E-state index contributed by atoms with van der Waals surface area (Å²) in [5, 5.41) is 3.51. The van der Waals surface area contributed by atoms with Crippen molar-refractivity contribution in [2.75, 3.05) is 13.1 Å². The highest BCUT2D eigenvalue weighted by atomic mass is 35.5. The minimum atomic E-state index is -3.45. The van der Waals surface area contributed by atoms with E-state index in [9.17, 15) is 17.6 Å². The predicted molar refractivity (Wildman–Crippen MR) is 111 cm³/mol. The molecule has 2 aromatic carbocycles. The highest BCUT2D eigenvalue weighted by molar-refractivity contribution is 7.88. The van der Waals surface area contributed by atoms with Gasteiger partial charge in [0.2, 0.25) is 15.9 Å². The molecule has 2 aromatic rings. The molecular formula is C21H24ClFN2O3S. The summed E-state index contributed by atoms with van der Waals surface area (Å²) in [6.07, 6.45) is 0.948. The molecule has 29 heavy (non-hydrogen) atoms. The van der Waals surface area contributed by atoms with Gasteiger partial charge >= 0.3 is 0 Å². The van der Waals surface area contributed by atoms with E-state index in [1.54, 1.807) is 36.4 Å². The summed E-state index contributed by atoms with van der Waals surface area (Å²) >= 11 is 5.84. The molecule has 1 heterocycles. The van der Waals surface area contributed by atoms with Crippen molar-refractivity contribution in [3.05, 3.63) is 70.5 Å². The van der Waals surface area contributed by atoms with Crippen LogP contribution in [0.3, 0.4) is 0 Å². The van der Waals surface area contributed by atoms with E-state index in [1.807, 2.05) is 6.92 Å². The van der Waals surface area contributed by atoms with E-state index in [0.717, 1.165) is 5.56 Å².